The predicted molar refractivity (Wildman–Crippen MR) is 98.0 cm³/mol. The van der Waals surface area contributed by atoms with E-state index in [-0.39, 0.29) is 24.7 Å². The van der Waals surface area contributed by atoms with Gasteiger partial charge in [-0.05, 0) is 26.0 Å². The summed E-state index contributed by atoms with van der Waals surface area (Å²) < 4.78 is 5.35. The second-order valence-electron chi connectivity index (χ2n) is 6.55. The number of anilines is 1. The van der Waals surface area contributed by atoms with Gasteiger partial charge in [0, 0.05) is 24.2 Å². The second-order valence-corrected chi connectivity index (χ2v) is 6.55. The van der Waals surface area contributed by atoms with E-state index in [2.05, 4.69) is 0 Å². The van der Waals surface area contributed by atoms with Crippen LogP contribution >= 0.6 is 0 Å². The Bertz CT molecular complexity index is 814. The van der Waals surface area contributed by atoms with E-state index >= 15 is 0 Å². The number of Topliss-reactive ketones (excluding diaryl/α,β-unsaturated/α-hetero) is 1. The Balaban J connectivity index is 1.62. The fourth-order valence-corrected chi connectivity index (χ4v) is 3.00. The Labute approximate surface area is 152 Å². The molecule has 0 aliphatic carbocycles. The molecule has 1 saturated heterocycles. The average Bonchev–Trinajstić information content (AvgIpc) is 3.04. The molecule has 2 aromatic rings. The summed E-state index contributed by atoms with van der Waals surface area (Å²) in [6.45, 7) is 3.77. The molecular formula is C21H21NO4. The minimum absolute atomic E-state index is 0.0964. The fourth-order valence-electron chi connectivity index (χ4n) is 3.00. The molecular weight excluding hydrogens is 330 g/mol. The van der Waals surface area contributed by atoms with Crippen molar-refractivity contribution in [1.82, 2.24) is 0 Å². The number of rotatable bonds is 5. The van der Waals surface area contributed by atoms with E-state index < -0.39 is 18.0 Å². The van der Waals surface area contributed by atoms with Crippen LogP contribution < -0.4 is 4.90 Å². The fraction of sp³-hybridized carbons (Fsp3) is 0.286. The molecule has 0 spiro atoms. The van der Waals surface area contributed by atoms with Gasteiger partial charge in [-0.1, -0.05) is 48.0 Å². The van der Waals surface area contributed by atoms with Crippen molar-refractivity contribution in [3.63, 3.8) is 0 Å². The van der Waals surface area contributed by atoms with Crippen LogP contribution in [-0.2, 0) is 14.3 Å². The van der Waals surface area contributed by atoms with Crippen molar-refractivity contribution in [2.75, 3.05) is 11.4 Å². The van der Waals surface area contributed by atoms with Gasteiger partial charge in [-0.25, -0.2) is 0 Å². The molecule has 0 bridgehead atoms. The largest absolute Gasteiger partial charge is 0.454 e. The van der Waals surface area contributed by atoms with Crippen LogP contribution in [0.2, 0.25) is 0 Å². The highest BCUT2D eigenvalue weighted by molar-refractivity contribution is 6.02. The number of carbonyl (C=O) groups excluding carboxylic acids is 3. The number of hydrogen-bond donors (Lipinski definition) is 0. The first-order valence-corrected chi connectivity index (χ1v) is 8.62. The summed E-state index contributed by atoms with van der Waals surface area (Å²) in [4.78, 5) is 38.6. The third-order valence-electron chi connectivity index (χ3n) is 4.52. The number of para-hydroxylation sites is 1. The van der Waals surface area contributed by atoms with Crippen LogP contribution in [0, 0.1) is 12.8 Å². The summed E-state index contributed by atoms with van der Waals surface area (Å²) in [6.07, 6.45) is -0.787. The van der Waals surface area contributed by atoms with Crippen molar-refractivity contribution in [1.29, 1.82) is 0 Å². The van der Waals surface area contributed by atoms with Crippen LogP contribution in [0.25, 0.3) is 0 Å². The molecule has 1 aliphatic rings. The molecule has 1 heterocycles. The highest BCUT2D eigenvalue weighted by Gasteiger charge is 2.37. The molecule has 5 heteroatoms. The van der Waals surface area contributed by atoms with Crippen molar-refractivity contribution in [2.45, 2.75) is 26.4 Å². The summed E-state index contributed by atoms with van der Waals surface area (Å²) in [7, 11) is 0. The van der Waals surface area contributed by atoms with Crippen LogP contribution in [0.1, 0.15) is 29.3 Å². The molecule has 3 rings (SSSR count). The summed E-state index contributed by atoms with van der Waals surface area (Å²) >= 11 is 0. The van der Waals surface area contributed by atoms with Gasteiger partial charge in [-0.3, -0.25) is 14.4 Å². The average molecular weight is 351 g/mol. The maximum Gasteiger partial charge on any atom is 0.312 e. The van der Waals surface area contributed by atoms with E-state index in [1.54, 1.807) is 24.0 Å². The topological polar surface area (TPSA) is 63.7 Å². The third kappa shape index (κ3) is 3.82. The zero-order chi connectivity index (χ0) is 18.7. The first-order chi connectivity index (χ1) is 12.5. The molecule has 0 radical (unpaired) electrons. The van der Waals surface area contributed by atoms with Crippen molar-refractivity contribution in [3.8, 4) is 0 Å². The molecule has 26 heavy (non-hydrogen) atoms. The maximum absolute atomic E-state index is 12.4. The number of benzene rings is 2. The molecule has 0 aromatic heterocycles. The molecule has 5 nitrogen and oxygen atoms in total. The van der Waals surface area contributed by atoms with Gasteiger partial charge in [0.25, 0.3) is 0 Å². The van der Waals surface area contributed by atoms with Gasteiger partial charge >= 0.3 is 5.97 Å². The Morgan fingerprint density at radius 2 is 1.73 bits per heavy atom. The number of hydrogen-bond acceptors (Lipinski definition) is 4. The first kappa shape index (κ1) is 17.9. The molecule has 0 saturated carbocycles. The van der Waals surface area contributed by atoms with Crippen molar-refractivity contribution in [2.24, 2.45) is 5.92 Å². The number of nitrogens with zero attached hydrogens (tertiary/aromatic N) is 1. The lowest BCUT2D eigenvalue weighted by atomic mass is 10.1. The third-order valence-corrected chi connectivity index (χ3v) is 4.52. The van der Waals surface area contributed by atoms with E-state index in [0.29, 0.717) is 5.56 Å². The number of ether oxygens (including phenoxy) is 1. The Morgan fingerprint density at radius 1 is 1.08 bits per heavy atom. The normalized spacial score (nSPS) is 17.8. The molecule has 1 fully saturated rings. The number of aryl methyl sites for hydroxylation is 1. The lowest BCUT2D eigenvalue weighted by Crippen LogP contribution is -2.30. The van der Waals surface area contributed by atoms with Crippen LogP contribution in [0.3, 0.4) is 0 Å². The second kappa shape index (κ2) is 7.52. The zero-order valence-electron chi connectivity index (χ0n) is 14.8. The number of ketones is 1. The molecule has 2 atom stereocenters. The summed E-state index contributed by atoms with van der Waals surface area (Å²) in [5, 5.41) is 0. The summed E-state index contributed by atoms with van der Waals surface area (Å²) in [5.74, 6) is -1.43. The highest BCUT2D eigenvalue weighted by atomic mass is 16.5. The Morgan fingerprint density at radius 3 is 2.38 bits per heavy atom. The van der Waals surface area contributed by atoms with Crippen molar-refractivity contribution in [3.05, 3.63) is 65.7 Å². The van der Waals surface area contributed by atoms with E-state index in [9.17, 15) is 14.4 Å². The van der Waals surface area contributed by atoms with Crippen LogP contribution in [-0.4, -0.2) is 30.3 Å². The monoisotopic (exact) mass is 351 g/mol. The molecule has 1 aliphatic heterocycles. The number of amides is 1. The predicted octanol–water partition coefficient (Wildman–Crippen LogP) is 3.16. The minimum Gasteiger partial charge on any atom is -0.454 e. The van der Waals surface area contributed by atoms with Gasteiger partial charge in [-0.15, -0.1) is 0 Å². The SMILES string of the molecule is Cc1ccc(C(=O)[C@@H](C)OC(=O)[C@H]2CC(=O)N(c3ccccc3)C2)cc1. The lowest BCUT2D eigenvalue weighted by Gasteiger charge is -2.17. The smallest absolute Gasteiger partial charge is 0.312 e. The maximum atomic E-state index is 12.4. The zero-order valence-corrected chi connectivity index (χ0v) is 14.8. The van der Waals surface area contributed by atoms with Gasteiger partial charge < -0.3 is 9.64 Å². The lowest BCUT2D eigenvalue weighted by molar-refractivity contribution is -0.151. The standard InChI is InChI=1S/C21H21NO4/c1-14-8-10-16(11-9-14)20(24)15(2)26-21(25)17-12-19(23)22(13-17)18-6-4-3-5-7-18/h3-11,15,17H,12-13H2,1-2H3/t15-,17+/m1/s1. The molecule has 2 aromatic carbocycles. The Hall–Kier alpha value is -2.95. The van der Waals surface area contributed by atoms with Gasteiger partial charge in [0.2, 0.25) is 11.7 Å². The molecule has 1 amide bonds. The van der Waals surface area contributed by atoms with E-state index in [0.717, 1.165) is 11.3 Å². The quantitative estimate of drug-likeness (QED) is 0.613. The van der Waals surface area contributed by atoms with Crippen LogP contribution in [0.15, 0.2) is 54.6 Å². The van der Waals surface area contributed by atoms with Crippen molar-refractivity contribution >= 4 is 23.3 Å². The highest BCUT2D eigenvalue weighted by Crippen LogP contribution is 2.26. The van der Waals surface area contributed by atoms with Gasteiger partial charge in [0.1, 0.15) is 0 Å². The van der Waals surface area contributed by atoms with E-state index in [1.165, 1.54) is 0 Å². The first-order valence-electron chi connectivity index (χ1n) is 8.62. The molecule has 0 N–H and O–H groups in total. The number of carbonyl (C=O) groups is 3. The minimum atomic E-state index is -0.883. The van der Waals surface area contributed by atoms with E-state index in [1.807, 2.05) is 49.4 Å². The van der Waals surface area contributed by atoms with E-state index in [4.69, 9.17) is 4.74 Å². The number of esters is 1. The van der Waals surface area contributed by atoms with Gasteiger partial charge in [0.15, 0.2) is 6.10 Å². The van der Waals surface area contributed by atoms with Crippen molar-refractivity contribution < 1.29 is 19.1 Å². The Kier molecular flexibility index (Phi) is 5.16. The van der Waals surface area contributed by atoms with Gasteiger partial charge in [0.05, 0.1) is 5.92 Å². The summed E-state index contributed by atoms with van der Waals surface area (Å²) in [6, 6.07) is 16.3. The summed E-state index contributed by atoms with van der Waals surface area (Å²) in [5.41, 5.74) is 2.32. The molecule has 0 unspecified atom stereocenters. The van der Waals surface area contributed by atoms with Crippen LogP contribution in [0.5, 0.6) is 0 Å². The van der Waals surface area contributed by atoms with Crippen LogP contribution in [0.4, 0.5) is 5.69 Å². The van der Waals surface area contributed by atoms with Gasteiger partial charge in [-0.2, -0.15) is 0 Å². The molecule has 134 valence electrons.